The minimum Gasteiger partial charge on any atom is -0.355 e. The van der Waals surface area contributed by atoms with Gasteiger partial charge in [-0.2, -0.15) is 0 Å². The lowest BCUT2D eigenvalue weighted by Crippen LogP contribution is -2.41. The molecule has 2 fully saturated rings. The molecule has 0 unspecified atom stereocenters. The van der Waals surface area contributed by atoms with Gasteiger partial charge < -0.3 is 10.6 Å². The second-order valence-electron chi connectivity index (χ2n) is 4.98. The minimum atomic E-state index is 0.203. The van der Waals surface area contributed by atoms with Gasteiger partial charge in [0.15, 0.2) is 0 Å². The van der Waals surface area contributed by atoms with E-state index in [4.69, 9.17) is 0 Å². The summed E-state index contributed by atoms with van der Waals surface area (Å²) >= 11 is 0. The Morgan fingerprint density at radius 2 is 2.12 bits per heavy atom. The third-order valence-corrected chi connectivity index (χ3v) is 3.61. The maximum Gasteiger partial charge on any atom is 0.234 e. The van der Waals surface area contributed by atoms with Gasteiger partial charge in [0, 0.05) is 19.6 Å². The number of carbonyl (C=O) groups excluding carboxylic acids is 1. The number of carbonyl (C=O) groups is 1. The highest BCUT2D eigenvalue weighted by atomic mass is 16.2. The number of amides is 1. The number of hydrogen-bond acceptors (Lipinski definition) is 3. The van der Waals surface area contributed by atoms with Crippen LogP contribution in [0.5, 0.6) is 0 Å². The molecular weight excluding hydrogens is 202 g/mol. The second-order valence-corrected chi connectivity index (χ2v) is 4.98. The van der Waals surface area contributed by atoms with Crippen molar-refractivity contribution in [3.8, 4) is 0 Å². The van der Waals surface area contributed by atoms with Gasteiger partial charge >= 0.3 is 0 Å². The molecule has 2 N–H and O–H groups in total. The van der Waals surface area contributed by atoms with Crippen molar-refractivity contribution >= 4 is 5.91 Å². The van der Waals surface area contributed by atoms with E-state index in [9.17, 15) is 4.79 Å². The lowest BCUT2D eigenvalue weighted by Gasteiger charge is -2.26. The Morgan fingerprint density at radius 3 is 2.88 bits per heavy atom. The molecule has 0 aromatic rings. The Labute approximate surface area is 97.8 Å². The van der Waals surface area contributed by atoms with Crippen molar-refractivity contribution < 1.29 is 4.79 Å². The smallest absolute Gasteiger partial charge is 0.234 e. The van der Waals surface area contributed by atoms with Crippen molar-refractivity contribution in [2.45, 2.75) is 25.7 Å². The summed E-state index contributed by atoms with van der Waals surface area (Å²) in [6.45, 7) is 5.61. The van der Waals surface area contributed by atoms with Crippen LogP contribution in [0.2, 0.25) is 0 Å². The van der Waals surface area contributed by atoms with E-state index < -0.39 is 0 Å². The molecule has 0 radical (unpaired) electrons. The number of hydrogen-bond donors (Lipinski definition) is 2. The Balaban J connectivity index is 1.60. The summed E-state index contributed by atoms with van der Waals surface area (Å²) in [5.41, 5.74) is 0. The number of nitrogens with zero attached hydrogens (tertiary/aromatic N) is 1. The number of rotatable bonds is 4. The highest BCUT2D eigenvalue weighted by Crippen LogP contribution is 2.24. The van der Waals surface area contributed by atoms with Gasteiger partial charge in [-0.25, -0.2) is 0 Å². The first kappa shape index (κ1) is 11.9. The van der Waals surface area contributed by atoms with Gasteiger partial charge in [-0.1, -0.05) is 6.42 Å². The summed E-state index contributed by atoms with van der Waals surface area (Å²) in [4.78, 5) is 13.9. The first-order valence-electron chi connectivity index (χ1n) is 6.54. The van der Waals surface area contributed by atoms with Crippen LogP contribution in [-0.4, -0.2) is 50.1 Å². The van der Waals surface area contributed by atoms with Crippen LogP contribution in [0.25, 0.3) is 0 Å². The van der Waals surface area contributed by atoms with Crippen molar-refractivity contribution in [1.29, 1.82) is 0 Å². The molecule has 1 heterocycles. The fourth-order valence-corrected chi connectivity index (χ4v) is 2.27. The van der Waals surface area contributed by atoms with Crippen molar-refractivity contribution in [3.63, 3.8) is 0 Å². The largest absolute Gasteiger partial charge is 0.355 e. The first-order chi connectivity index (χ1) is 7.84. The summed E-state index contributed by atoms with van der Waals surface area (Å²) in [5.74, 6) is 0.962. The van der Waals surface area contributed by atoms with Crippen LogP contribution in [0.4, 0.5) is 0 Å². The lowest BCUT2D eigenvalue weighted by molar-refractivity contribution is -0.122. The topological polar surface area (TPSA) is 44.4 Å². The molecule has 0 bridgehead atoms. The molecule has 0 aromatic carbocycles. The monoisotopic (exact) mass is 225 g/mol. The fourth-order valence-electron chi connectivity index (χ4n) is 2.27. The van der Waals surface area contributed by atoms with Crippen LogP contribution < -0.4 is 10.6 Å². The third kappa shape index (κ3) is 3.76. The van der Waals surface area contributed by atoms with E-state index in [0.717, 1.165) is 45.1 Å². The van der Waals surface area contributed by atoms with Crippen LogP contribution >= 0.6 is 0 Å². The Hall–Kier alpha value is -0.610. The molecule has 4 nitrogen and oxygen atoms in total. The highest BCUT2D eigenvalue weighted by molar-refractivity contribution is 5.78. The molecule has 92 valence electrons. The molecule has 2 aliphatic rings. The normalized spacial score (nSPS) is 23.5. The van der Waals surface area contributed by atoms with E-state index in [1.807, 2.05) is 0 Å². The van der Waals surface area contributed by atoms with E-state index >= 15 is 0 Å². The molecule has 0 atom stereocenters. The van der Waals surface area contributed by atoms with Crippen LogP contribution in [0, 0.1) is 5.92 Å². The van der Waals surface area contributed by atoms with Crippen LogP contribution in [0.15, 0.2) is 0 Å². The molecular formula is C12H23N3O. The summed E-state index contributed by atoms with van der Waals surface area (Å²) in [7, 11) is 0. The second kappa shape index (κ2) is 6.21. The van der Waals surface area contributed by atoms with Gasteiger partial charge in [0.25, 0.3) is 0 Å². The van der Waals surface area contributed by atoms with Gasteiger partial charge in [0.2, 0.25) is 5.91 Å². The first-order valence-corrected chi connectivity index (χ1v) is 6.54. The summed E-state index contributed by atoms with van der Waals surface area (Å²) < 4.78 is 0. The molecule has 2 rings (SSSR count). The molecule has 1 saturated carbocycles. The van der Waals surface area contributed by atoms with Crippen LogP contribution in [0.3, 0.4) is 0 Å². The maximum absolute atomic E-state index is 11.7. The molecule has 1 amide bonds. The molecule has 0 spiro atoms. The van der Waals surface area contributed by atoms with Crippen LogP contribution in [0.1, 0.15) is 25.7 Å². The zero-order chi connectivity index (χ0) is 11.2. The molecule has 0 aromatic heterocycles. The van der Waals surface area contributed by atoms with Gasteiger partial charge in [0.1, 0.15) is 0 Å². The van der Waals surface area contributed by atoms with Crippen molar-refractivity contribution in [1.82, 2.24) is 15.5 Å². The van der Waals surface area contributed by atoms with E-state index in [-0.39, 0.29) is 5.91 Å². The fraction of sp³-hybridized carbons (Fsp3) is 0.917. The Kier molecular flexibility index (Phi) is 4.60. The Morgan fingerprint density at radius 1 is 1.25 bits per heavy atom. The van der Waals surface area contributed by atoms with Crippen LogP contribution in [-0.2, 0) is 4.79 Å². The average Bonchev–Trinajstić information content (AvgIpc) is 2.44. The van der Waals surface area contributed by atoms with Crippen molar-refractivity contribution in [3.05, 3.63) is 0 Å². The predicted octanol–water partition coefficient (Wildman–Crippen LogP) is 0.198. The predicted molar refractivity (Wildman–Crippen MR) is 64.3 cm³/mol. The van der Waals surface area contributed by atoms with Crippen molar-refractivity contribution in [2.24, 2.45) is 5.92 Å². The van der Waals surface area contributed by atoms with Gasteiger partial charge in [-0.15, -0.1) is 0 Å². The SMILES string of the molecule is O=C(CN1CCCNCC1)NCC1CCC1. The molecule has 4 heteroatoms. The summed E-state index contributed by atoms with van der Waals surface area (Å²) in [6, 6.07) is 0. The summed E-state index contributed by atoms with van der Waals surface area (Å²) in [6.07, 6.45) is 5.09. The molecule has 1 saturated heterocycles. The average molecular weight is 225 g/mol. The van der Waals surface area contributed by atoms with Gasteiger partial charge in [-0.3, -0.25) is 9.69 Å². The van der Waals surface area contributed by atoms with Gasteiger partial charge in [-0.05, 0) is 38.3 Å². The van der Waals surface area contributed by atoms with Crippen molar-refractivity contribution in [2.75, 3.05) is 39.3 Å². The standard InChI is InChI=1S/C12H23N3O/c16-12(14-9-11-3-1-4-11)10-15-7-2-5-13-6-8-15/h11,13H,1-10H2,(H,14,16). The van der Waals surface area contributed by atoms with E-state index in [1.165, 1.54) is 19.3 Å². The summed E-state index contributed by atoms with van der Waals surface area (Å²) in [5, 5.41) is 6.40. The molecule has 16 heavy (non-hydrogen) atoms. The number of nitrogens with one attached hydrogen (secondary N) is 2. The quantitative estimate of drug-likeness (QED) is 0.718. The highest BCUT2D eigenvalue weighted by Gasteiger charge is 2.18. The zero-order valence-electron chi connectivity index (χ0n) is 10.0. The molecule has 1 aliphatic heterocycles. The third-order valence-electron chi connectivity index (χ3n) is 3.61. The maximum atomic E-state index is 11.7. The Bertz CT molecular complexity index is 220. The lowest BCUT2D eigenvalue weighted by atomic mass is 9.85. The van der Waals surface area contributed by atoms with E-state index in [2.05, 4.69) is 15.5 Å². The van der Waals surface area contributed by atoms with E-state index in [1.54, 1.807) is 0 Å². The van der Waals surface area contributed by atoms with E-state index in [0.29, 0.717) is 6.54 Å². The minimum absolute atomic E-state index is 0.203. The van der Waals surface area contributed by atoms with Gasteiger partial charge in [0.05, 0.1) is 6.54 Å². The molecule has 1 aliphatic carbocycles. The zero-order valence-corrected chi connectivity index (χ0v) is 10.0.